The van der Waals surface area contributed by atoms with Crippen LogP contribution < -0.4 is 14.4 Å². The van der Waals surface area contributed by atoms with Crippen molar-refractivity contribution in [2.75, 3.05) is 30.8 Å². The van der Waals surface area contributed by atoms with E-state index < -0.39 is 33.4 Å². The molecule has 0 aliphatic heterocycles. The lowest BCUT2D eigenvalue weighted by atomic mass is 10.1. The van der Waals surface area contributed by atoms with Gasteiger partial charge in [-0.25, -0.2) is 8.42 Å². The number of non-ortho nitro benzene ring substituents is 1. The van der Waals surface area contributed by atoms with Crippen LogP contribution in [0.2, 0.25) is 0 Å². The van der Waals surface area contributed by atoms with Gasteiger partial charge < -0.3 is 15.0 Å². The van der Waals surface area contributed by atoms with Gasteiger partial charge in [-0.2, -0.15) is 0 Å². The van der Waals surface area contributed by atoms with Gasteiger partial charge in [0, 0.05) is 25.2 Å². The maximum Gasteiger partial charge on any atom is 0.271 e. The summed E-state index contributed by atoms with van der Waals surface area (Å²) in [5.74, 6) is -0.925. The molecule has 0 aliphatic rings. The minimum Gasteiger partial charge on any atom is -0.495 e. The Labute approximate surface area is 224 Å². The van der Waals surface area contributed by atoms with Crippen molar-refractivity contribution < 1.29 is 27.7 Å². The zero-order chi connectivity index (χ0) is 28.5. The second kappa shape index (κ2) is 13.8. The van der Waals surface area contributed by atoms with Gasteiger partial charge >= 0.3 is 0 Å². The molecule has 1 atom stereocenters. The van der Waals surface area contributed by atoms with E-state index in [4.69, 9.17) is 4.74 Å². The first-order chi connectivity index (χ1) is 17.9. The summed E-state index contributed by atoms with van der Waals surface area (Å²) < 4.78 is 31.7. The van der Waals surface area contributed by atoms with Crippen LogP contribution in [0, 0.1) is 17.0 Å². The average Bonchev–Trinajstić information content (AvgIpc) is 2.87. The summed E-state index contributed by atoms with van der Waals surface area (Å²) in [5, 5.41) is 14.2. The lowest BCUT2D eigenvalue weighted by molar-refractivity contribution is -0.384. The van der Waals surface area contributed by atoms with Crippen molar-refractivity contribution in [1.29, 1.82) is 0 Å². The van der Waals surface area contributed by atoms with E-state index in [2.05, 4.69) is 5.32 Å². The fourth-order valence-electron chi connectivity index (χ4n) is 3.90. The first kappa shape index (κ1) is 30.6. The van der Waals surface area contributed by atoms with E-state index in [0.717, 1.165) is 40.6 Å². The lowest BCUT2D eigenvalue weighted by Gasteiger charge is -2.33. The smallest absolute Gasteiger partial charge is 0.271 e. The fraction of sp³-hybridized carbons (Fsp3) is 0.462. The van der Waals surface area contributed by atoms with Crippen molar-refractivity contribution in [2.45, 2.75) is 52.6 Å². The first-order valence-electron chi connectivity index (χ1n) is 12.4. The predicted molar refractivity (Wildman–Crippen MR) is 146 cm³/mol. The number of benzene rings is 2. The van der Waals surface area contributed by atoms with E-state index in [1.54, 1.807) is 6.92 Å². The average molecular weight is 549 g/mol. The summed E-state index contributed by atoms with van der Waals surface area (Å²) >= 11 is 0. The minimum absolute atomic E-state index is 0.0447. The summed E-state index contributed by atoms with van der Waals surface area (Å²) in [6, 6.07) is 10.1. The zero-order valence-electron chi connectivity index (χ0n) is 22.5. The van der Waals surface area contributed by atoms with Gasteiger partial charge in [0.1, 0.15) is 24.0 Å². The Kier molecular flexibility index (Phi) is 11.1. The van der Waals surface area contributed by atoms with Crippen molar-refractivity contribution >= 4 is 33.2 Å². The van der Waals surface area contributed by atoms with E-state index in [9.17, 15) is 28.1 Å². The largest absolute Gasteiger partial charge is 0.495 e. The van der Waals surface area contributed by atoms with Crippen LogP contribution >= 0.6 is 0 Å². The summed E-state index contributed by atoms with van der Waals surface area (Å²) in [6.07, 6.45) is 2.87. The minimum atomic E-state index is -4.09. The number of carbonyl (C=O) groups is 2. The SMILES string of the molecule is CCCCNC(=O)[C@@H](CC)N(Cc1ccc(C)cc1)C(=O)CN(c1cc([N+](=O)[O-])ccc1OC)S(C)(=O)=O. The fourth-order valence-corrected chi connectivity index (χ4v) is 4.74. The number of rotatable bonds is 14. The number of nitrogens with one attached hydrogen (secondary N) is 1. The number of hydrogen-bond acceptors (Lipinski definition) is 7. The van der Waals surface area contributed by atoms with E-state index in [-0.39, 0.29) is 29.6 Å². The quantitative estimate of drug-likeness (QED) is 0.217. The van der Waals surface area contributed by atoms with Gasteiger partial charge in [-0.3, -0.25) is 24.0 Å². The Morgan fingerprint density at radius 1 is 1.13 bits per heavy atom. The number of nitro groups is 1. The number of methoxy groups -OCH3 is 1. The molecule has 1 N–H and O–H groups in total. The lowest BCUT2D eigenvalue weighted by Crippen LogP contribution is -2.52. The van der Waals surface area contributed by atoms with E-state index in [0.29, 0.717) is 13.0 Å². The Hall–Kier alpha value is -3.67. The summed E-state index contributed by atoms with van der Waals surface area (Å²) in [7, 11) is -2.79. The molecule has 12 heteroatoms. The van der Waals surface area contributed by atoms with Crippen LogP contribution in [0.5, 0.6) is 5.75 Å². The number of unbranched alkanes of at least 4 members (excludes halogenated alkanes) is 1. The topological polar surface area (TPSA) is 139 Å². The molecule has 0 spiro atoms. The molecule has 2 rings (SSSR count). The van der Waals surface area contributed by atoms with E-state index >= 15 is 0 Å². The Bertz CT molecular complexity index is 1230. The number of ether oxygens (including phenoxy) is 1. The van der Waals surface area contributed by atoms with Gasteiger partial charge in [-0.05, 0) is 31.4 Å². The number of aryl methyl sites for hydroxylation is 1. The third-order valence-electron chi connectivity index (χ3n) is 6.01. The van der Waals surface area contributed by atoms with Crippen LogP contribution in [0.3, 0.4) is 0 Å². The molecule has 0 saturated carbocycles. The molecule has 2 aromatic rings. The molecule has 2 aromatic carbocycles. The maximum absolute atomic E-state index is 13.8. The standard InChI is InChI=1S/C26H36N4O7S/c1-6-8-15-27-26(32)22(7-2)28(17-20-11-9-19(3)10-12-20)25(31)18-29(38(5,35)36)23-16-21(30(33)34)13-14-24(23)37-4/h9-14,16,22H,6-8,15,17-18H2,1-5H3,(H,27,32)/t22-/m1/s1. The molecule has 0 aromatic heterocycles. The molecule has 0 fully saturated rings. The van der Waals surface area contributed by atoms with Crippen molar-refractivity contribution in [3.8, 4) is 5.75 Å². The van der Waals surface area contributed by atoms with Gasteiger partial charge in [-0.15, -0.1) is 0 Å². The molecule has 0 saturated heterocycles. The van der Waals surface area contributed by atoms with Crippen LogP contribution in [0.25, 0.3) is 0 Å². The van der Waals surface area contributed by atoms with Crippen molar-refractivity contribution in [3.63, 3.8) is 0 Å². The zero-order valence-corrected chi connectivity index (χ0v) is 23.3. The monoisotopic (exact) mass is 548 g/mol. The second-order valence-electron chi connectivity index (χ2n) is 8.96. The molecule has 208 valence electrons. The molecule has 2 amide bonds. The number of anilines is 1. The molecule has 0 heterocycles. The van der Waals surface area contributed by atoms with E-state index in [1.807, 2.05) is 38.1 Å². The van der Waals surface area contributed by atoms with Crippen LogP contribution in [0.1, 0.15) is 44.2 Å². The molecular weight excluding hydrogens is 512 g/mol. The molecule has 11 nitrogen and oxygen atoms in total. The summed E-state index contributed by atoms with van der Waals surface area (Å²) in [5.41, 5.74) is 1.29. The maximum atomic E-state index is 13.8. The molecule has 0 radical (unpaired) electrons. The highest BCUT2D eigenvalue weighted by Gasteiger charge is 2.33. The van der Waals surface area contributed by atoms with Crippen LogP contribution in [-0.4, -0.2) is 62.6 Å². The number of sulfonamides is 1. The second-order valence-corrected chi connectivity index (χ2v) is 10.9. The van der Waals surface area contributed by atoms with Gasteiger partial charge in [0.05, 0.1) is 18.3 Å². The molecule has 0 aliphatic carbocycles. The first-order valence-corrected chi connectivity index (χ1v) is 14.2. The molecular formula is C26H36N4O7S. The van der Waals surface area contributed by atoms with Crippen LogP contribution in [0.4, 0.5) is 11.4 Å². The highest BCUT2D eigenvalue weighted by molar-refractivity contribution is 7.92. The Morgan fingerprint density at radius 3 is 2.32 bits per heavy atom. The number of nitrogens with zero attached hydrogens (tertiary/aromatic N) is 3. The van der Waals surface area contributed by atoms with Gasteiger partial charge in [0.2, 0.25) is 21.8 Å². The Morgan fingerprint density at radius 2 is 1.79 bits per heavy atom. The highest BCUT2D eigenvalue weighted by atomic mass is 32.2. The molecule has 38 heavy (non-hydrogen) atoms. The predicted octanol–water partition coefficient (Wildman–Crippen LogP) is 3.40. The third-order valence-corrected chi connectivity index (χ3v) is 7.14. The van der Waals surface area contributed by atoms with Crippen molar-refractivity contribution in [3.05, 3.63) is 63.7 Å². The number of hydrogen-bond donors (Lipinski definition) is 1. The Balaban J connectivity index is 2.52. The van der Waals surface area contributed by atoms with E-state index in [1.165, 1.54) is 24.1 Å². The molecule has 0 bridgehead atoms. The van der Waals surface area contributed by atoms with Gasteiger partial charge in [0.25, 0.3) is 5.69 Å². The van der Waals surface area contributed by atoms with Gasteiger partial charge in [0.15, 0.2) is 0 Å². The van der Waals surface area contributed by atoms with Crippen LogP contribution in [0.15, 0.2) is 42.5 Å². The summed E-state index contributed by atoms with van der Waals surface area (Å²) in [6.45, 7) is 5.55. The molecule has 0 unspecified atom stereocenters. The van der Waals surface area contributed by atoms with Crippen LogP contribution in [-0.2, 0) is 26.2 Å². The van der Waals surface area contributed by atoms with Gasteiger partial charge in [-0.1, -0.05) is 50.1 Å². The summed E-state index contributed by atoms with van der Waals surface area (Å²) in [4.78, 5) is 38.9. The van der Waals surface area contributed by atoms with Crippen molar-refractivity contribution in [2.24, 2.45) is 0 Å². The number of amides is 2. The normalized spacial score (nSPS) is 11.9. The van der Waals surface area contributed by atoms with Crippen molar-refractivity contribution in [1.82, 2.24) is 10.2 Å². The third kappa shape index (κ3) is 8.17. The number of carbonyl (C=O) groups excluding carboxylic acids is 2. The number of nitro benzene ring substituents is 1. The highest BCUT2D eigenvalue weighted by Crippen LogP contribution is 2.34.